The number of rotatable bonds is 1. The van der Waals surface area contributed by atoms with Crippen LogP contribution >= 0.6 is 23.2 Å². The number of alkyl halides is 3. The highest BCUT2D eigenvalue weighted by molar-refractivity contribution is 6.35. The zero-order valence-electron chi connectivity index (χ0n) is 6.33. The van der Waals surface area contributed by atoms with Gasteiger partial charge in [0.2, 0.25) is 0 Å². The number of hydrogen-bond acceptors (Lipinski definition) is 1. The minimum atomic E-state index is -4.86. The zero-order chi connectivity index (χ0) is 10.9. The highest BCUT2D eigenvalue weighted by atomic mass is 35.5. The Morgan fingerprint density at radius 2 is 1.50 bits per heavy atom. The van der Waals surface area contributed by atoms with Gasteiger partial charge < -0.3 is 4.74 Å². The Bertz CT molecular complexity index is 327. The summed E-state index contributed by atoms with van der Waals surface area (Å²) in [6.07, 6.45) is -4.86. The second kappa shape index (κ2) is 3.82. The molecular formula is C7H2Cl2F4O. The molecule has 0 atom stereocenters. The first-order valence-electron chi connectivity index (χ1n) is 3.20. The Morgan fingerprint density at radius 3 is 1.86 bits per heavy atom. The lowest BCUT2D eigenvalue weighted by molar-refractivity contribution is -0.274. The van der Waals surface area contributed by atoms with Crippen LogP contribution in [0.4, 0.5) is 17.6 Å². The Morgan fingerprint density at radius 1 is 1.07 bits per heavy atom. The van der Waals surface area contributed by atoms with Gasteiger partial charge in [-0.2, -0.15) is 0 Å². The second-order valence-corrected chi connectivity index (χ2v) is 3.06. The normalized spacial score (nSPS) is 11.6. The van der Waals surface area contributed by atoms with E-state index >= 15 is 0 Å². The minimum absolute atomic E-state index is 0.531. The van der Waals surface area contributed by atoms with Gasteiger partial charge in [-0.25, -0.2) is 4.39 Å². The predicted octanol–water partition coefficient (Wildman–Crippen LogP) is 4.03. The fourth-order valence-electron chi connectivity index (χ4n) is 0.725. The average Bonchev–Trinajstić information content (AvgIpc) is 1.96. The van der Waals surface area contributed by atoms with E-state index in [0.717, 1.165) is 0 Å². The molecule has 0 fully saturated rings. The summed E-state index contributed by atoms with van der Waals surface area (Å²) in [5.41, 5.74) is 0. The van der Waals surface area contributed by atoms with Crippen molar-refractivity contribution in [3.8, 4) is 5.75 Å². The quantitative estimate of drug-likeness (QED) is 0.539. The lowest BCUT2D eigenvalue weighted by Gasteiger charge is -2.09. The van der Waals surface area contributed by atoms with Crippen molar-refractivity contribution in [2.45, 2.75) is 6.36 Å². The minimum Gasteiger partial charge on any atom is -0.406 e. The monoisotopic (exact) mass is 248 g/mol. The van der Waals surface area contributed by atoms with Crippen molar-refractivity contribution in [1.29, 1.82) is 0 Å². The molecule has 0 radical (unpaired) electrons. The average molecular weight is 249 g/mol. The first kappa shape index (κ1) is 11.4. The molecule has 1 aromatic carbocycles. The summed E-state index contributed by atoms with van der Waals surface area (Å²) in [5, 5.41) is -1.06. The molecule has 1 rings (SSSR count). The van der Waals surface area contributed by atoms with Crippen LogP contribution in [0.2, 0.25) is 10.0 Å². The van der Waals surface area contributed by atoms with Crippen molar-refractivity contribution in [1.82, 2.24) is 0 Å². The van der Waals surface area contributed by atoms with Gasteiger partial charge in [-0.15, -0.1) is 13.2 Å². The molecule has 7 heteroatoms. The fraction of sp³-hybridized carbons (Fsp3) is 0.143. The van der Waals surface area contributed by atoms with Crippen molar-refractivity contribution >= 4 is 23.2 Å². The van der Waals surface area contributed by atoms with Crippen LogP contribution in [0.1, 0.15) is 0 Å². The van der Waals surface area contributed by atoms with Crippen molar-refractivity contribution in [3.05, 3.63) is 28.0 Å². The molecule has 0 saturated heterocycles. The molecule has 0 aromatic heterocycles. The van der Waals surface area contributed by atoms with Gasteiger partial charge in [-0.3, -0.25) is 0 Å². The van der Waals surface area contributed by atoms with Crippen molar-refractivity contribution in [2.24, 2.45) is 0 Å². The van der Waals surface area contributed by atoms with Gasteiger partial charge in [0.1, 0.15) is 5.75 Å². The van der Waals surface area contributed by atoms with E-state index < -0.39 is 28.0 Å². The Labute approximate surface area is 86.2 Å². The van der Waals surface area contributed by atoms with Gasteiger partial charge >= 0.3 is 6.36 Å². The van der Waals surface area contributed by atoms with Gasteiger partial charge in [0.15, 0.2) is 5.82 Å². The van der Waals surface area contributed by atoms with Gasteiger partial charge in [0.25, 0.3) is 0 Å². The van der Waals surface area contributed by atoms with E-state index in [1.165, 1.54) is 0 Å². The predicted molar refractivity (Wildman–Crippen MR) is 43.1 cm³/mol. The van der Waals surface area contributed by atoms with E-state index in [-0.39, 0.29) is 0 Å². The number of hydrogen-bond donors (Lipinski definition) is 0. The first-order chi connectivity index (χ1) is 6.29. The summed E-state index contributed by atoms with van der Waals surface area (Å²) in [4.78, 5) is 0. The molecular weight excluding hydrogens is 247 g/mol. The van der Waals surface area contributed by atoms with Gasteiger partial charge in [-0.1, -0.05) is 23.2 Å². The molecule has 0 aliphatic rings. The maximum atomic E-state index is 12.7. The van der Waals surface area contributed by atoms with E-state index in [1.807, 2.05) is 0 Å². The van der Waals surface area contributed by atoms with Crippen LogP contribution in [-0.4, -0.2) is 6.36 Å². The molecule has 0 amide bonds. The maximum Gasteiger partial charge on any atom is 0.573 e. The lowest BCUT2D eigenvalue weighted by atomic mass is 10.3. The molecule has 0 aliphatic heterocycles. The van der Waals surface area contributed by atoms with Gasteiger partial charge in [0.05, 0.1) is 10.0 Å². The third kappa shape index (κ3) is 2.92. The molecule has 1 nitrogen and oxygen atoms in total. The summed E-state index contributed by atoms with van der Waals surface area (Å²) in [5.74, 6) is -1.64. The summed E-state index contributed by atoms with van der Waals surface area (Å²) in [6.45, 7) is 0. The molecule has 1 aromatic rings. The largest absolute Gasteiger partial charge is 0.573 e. The van der Waals surface area contributed by atoms with Crippen LogP contribution in [0, 0.1) is 5.82 Å². The standard InChI is InChI=1S/C7H2Cl2F4O/c8-4-1-3(14-7(11,12)13)2-5(9)6(4)10/h1-2H. The first-order valence-corrected chi connectivity index (χ1v) is 3.95. The highest BCUT2D eigenvalue weighted by Crippen LogP contribution is 2.31. The van der Waals surface area contributed by atoms with Gasteiger partial charge in [0, 0.05) is 12.1 Å². The summed E-state index contributed by atoms with van der Waals surface area (Å²) in [7, 11) is 0. The molecule has 0 heterocycles. The molecule has 0 N–H and O–H groups in total. The molecule has 0 unspecified atom stereocenters. The molecule has 0 aliphatic carbocycles. The third-order valence-electron chi connectivity index (χ3n) is 1.19. The van der Waals surface area contributed by atoms with Crippen molar-refractivity contribution in [2.75, 3.05) is 0 Å². The SMILES string of the molecule is Fc1c(Cl)cc(OC(F)(F)F)cc1Cl. The Hall–Kier alpha value is -0.680. The van der Waals surface area contributed by atoms with E-state index in [9.17, 15) is 17.6 Å². The van der Waals surface area contributed by atoms with Crippen LogP contribution in [-0.2, 0) is 0 Å². The van der Waals surface area contributed by atoms with Crippen molar-refractivity contribution in [3.63, 3.8) is 0 Å². The fourth-order valence-corrected chi connectivity index (χ4v) is 1.19. The summed E-state index contributed by atoms with van der Waals surface area (Å²) in [6, 6.07) is 1.38. The molecule has 14 heavy (non-hydrogen) atoms. The number of benzene rings is 1. The highest BCUT2D eigenvalue weighted by Gasteiger charge is 2.31. The number of halogens is 6. The van der Waals surface area contributed by atoms with E-state index in [4.69, 9.17) is 23.2 Å². The molecule has 0 saturated carbocycles. The van der Waals surface area contributed by atoms with Crippen LogP contribution in [0.15, 0.2) is 12.1 Å². The van der Waals surface area contributed by atoms with Crippen LogP contribution in [0.3, 0.4) is 0 Å². The smallest absolute Gasteiger partial charge is 0.406 e. The lowest BCUT2D eigenvalue weighted by Crippen LogP contribution is -2.17. The van der Waals surface area contributed by atoms with E-state index in [2.05, 4.69) is 4.74 Å². The third-order valence-corrected chi connectivity index (χ3v) is 1.74. The van der Waals surface area contributed by atoms with Crippen LogP contribution < -0.4 is 4.74 Å². The molecule has 0 bridgehead atoms. The van der Waals surface area contributed by atoms with Crippen molar-refractivity contribution < 1.29 is 22.3 Å². The van der Waals surface area contributed by atoms with Gasteiger partial charge in [-0.05, 0) is 0 Å². The summed E-state index contributed by atoms with van der Waals surface area (Å²) < 4.78 is 51.3. The number of ether oxygens (including phenoxy) is 1. The maximum absolute atomic E-state index is 12.7. The Balaban J connectivity index is 3.02. The second-order valence-electron chi connectivity index (χ2n) is 2.25. The van der Waals surface area contributed by atoms with E-state index in [0.29, 0.717) is 12.1 Å². The molecule has 78 valence electrons. The Kier molecular flexibility index (Phi) is 3.11. The topological polar surface area (TPSA) is 9.23 Å². The molecule has 0 spiro atoms. The van der Waals surface area contributed by atoms with Crippen LogP contribution in [0.25, 0.3) is 0 Å². The zero-order valence-corrected chi connectivity index (χ0v) is 7.84. The van der Waals surface area contributed by atoms with E-state index in [1.54, 1.807) is 0 Å². The van der Waals surface area contributed by atoms with Crippen LogP contribution in [0.5, 0.6) is 5.75 Å². The summed E-state index contributed by atoms with van der Waals surface area (Å²) >= 11 is 10.5.